The second-order valence-electron chi connectivity index (χ2n) is 6.35. The average molecular weight is 397 g/mol. The van der Waals surface area contributed by atoms with Crippen LogP contribution in [0.25, 0.3) is 0 Å². The molecule has 1 saturated carbocycles. The van der Waals surface area contributed by atoms with E-state index in [1.54, 1.807) is 0 Å². The Bertz CT molecular complexity index is 870. The quantitative estimate of drug-likeness (QED) is 0.546. The van der Waals surface area contributed by atoms with Gasteiger partial charge in [-0.05, 0) is 25.0 Å². The molecule has 1 fully saturated rings. The zero-order chi connectivity index (χ0) is 20.3. The van der Waals surface area contributed by atoms with E-state index in [1.807, 2.05) is 0 Å². The highest BCUT2D eigenvalue weighted by atomic mass is 19.4. The molecule has 2 aromatic rings. The van der Waals surface area contributed by atoms with Crippen molar-refractivity contribution in [3.8, 4) is 5.75 Å². The molecule has 1 aliphatic carbocycles. The summed E-state index contributed by atoms with van der Waals surface area (Å²) in [6, 6.07) is 4.70. The monoisotopic (exact) mass is 397 g/mol. The number of nitro benzene ring substituents is 1. The molecule has 0 atom stereocenters. The fourth-order valence-corrected chi connectivity index (χ4v) is 3.01. The maximum absolute atomic E-state index is 13.2. The topological polar surface area (TPSA) is 102 Å². The SMILES string of the molecule is COc1ccc(Nc2cc(C(F)(F)F)nc(NC3CCCC3)n2)c([N+](=O)[O-])c1. The molecule has 0 spiro atoms. The third-order valence-corrected chi connectivity index (χ3v) is 4.37. The number of hydrogen-bond acceptors (Lipinski definition) is 7. The first-order valence-electron chi connectivity index (χ1n) is 8.58. The molecule has 3 rings (SSSR count). The van der Waals surface area contributed by atoms with Crippen molar-refractivity contribution >= 4 is 23.1 Å². The number of alkyl halides is 3. The number of nitro groups is 1. The summed E-state index contributed by atoms with van der Waals surface area (Å²) in [5.41, 5.74) is -1.50. The van der Waals surface area contributed by atoms with E-state index in [2.05, 4.69) is 20.6 Å². The van der Waals surface area contributed by atoms with E-state index in [4.69, 9.17) is 4.74 Å². The van der Waals surface area contributed by atoms with Gasteiger partial charge in [-0.15, -0.1) is 0 Å². The van der Waals surface area contributed by atoms with Gasteiger partial charge in [-0.25, -0.2) is 4.98 Å². The molecular weight excluding hydrogens is 379 g/mol. The lowest BCUT2D eigenvalue weighted by atomic mass is 10.2. The van der Waals surface area contributed by atoms with E-state index in [0.29, 0.717) is 6.07 Å². The van der Waals surface area contributed by atoms with Crippen molar-refractivity contribution < 1.29 is 22.8 Å². The highest BCUT2D eigenvalue weighted by Crippen LogP contribution is 2.34. The molecule has 2 N–H and O–H groups in total. The van der Waals surface area contributed by atoms with E-state index in [1.165, 1.54) is 25.3 Å². The number of hydrogen-bond donors (Lipinski definition) is 2. The van der Waals surface area contributed by atoms with Gasteiger partial charge in [-0.1, -0.05) is 12.8 Å². The Kier molecular flexibility index (Phi) is 5.52. The Hall–Kier alpha value is -3.11. The molecule has 0 bridgehead atoms. The summed E-state index contributed by atoms with van der Waals surface area (Å²) in [6.45, 7) is 0. The summed E-state index contributed by atoms with van der Waals surface area (Å²) in [5.74, 6) is -0.115. The number of benzene rings is 1. The van der Waals surface area contributed by atoms with Gasteiger partial charge in [0.1, 0.15) is 17.3 Å². The predicted molar refractivity (Wildman–Crippen MR) is 95.8 cm³/mol. The van der Waals surface area contributed by atoms with Gasteiger partial charge >= 0.3 is 6.18 Å². The highest BCUT2D eigenvalue weighted by Gasteiger charge is 2.34. The zero-order valence-corrected chi connectivity index (χ0v) is 14.9. The van der Waals surface area contributed by atoms with Crippen molar-refractivity contribution in [3.63, 3.8) is 0 Å². The first-order valence-corrected chi connectivity index (χ1v) is 8.58. The molecule has 150 valence electrons. The van der Waals surface area contributed by atoms with Crippen molar-refractivity contribution in [2.24, 2.45) is 0 Å². The summed E-state index contributed by atoms with van der Waals surface area (Å²) >= 11 is 0. The number of nitrogens with one attached hydrogen (secondary N) is 2. The second kappa shape index (κ2) is 7.87. The first kappa shape index (κ1) is 19.6. The standard InChI is InChI=1S/C17H18F3N5O3/c1-28-11-6-7-12(13(8-11)25(26)27)22-15-9-14(17(18,19)20)23-16(24-15)21-10-4-2-3-5-10/h6-10H,2-5H2,1H3,(H2,21,22,23,24). The van der Waals surface area contributed by atoms with Crippen molar-refractivity contribution in [2.75, 3.05) is 17.7 Å². The normalized spacial score (nSPS) is 14.7. The minimum absolute atomic E-state index is 0.00616. The lowest BCUT2D eigenvalue weighted by molar-refractivity contribution is -0.384. The number of methoxy groups -OCH3 is 1. The molecule has 28 heavy (non-hydrogen) atoms. The van der Waals surface area contributed by atoms with Crippen LogP contribution in [0.4, 0.5) is 36.3 Å². The molecule has 0 amide bonds. The van der Waals surface area contributed by atoms with Gasteiger partial charge in [0.25, 0.3) is 5.69 Å². The summed E-state index contributed by atoms with van der Waals surface area (Å²) in [6.07, 6.45) is -1.06. The molecule has 0 saturated heterocycles. The number of rotatable bonds is 6. The van der Waals surface area contributed by atoms with Gasteiger partial charge in [-0.2, -0.15) is 18.2 Å². The van der Waals surface area contributed by atoms with Gasteiger partial charge in [0, 0.05) is 12.1 Å². The van der Waals surface area contributed by atoms with Gasteiger partial charge in [0.15, 0.2) is 5.69 Å². The smallest absolute Gasteiger partial charge is 0.433 e. The fraction of sp³-hybridized carbons (Fsp3) is 0.412. The average Bonchev–Trinajstić information content (AvgIpc) is 3.14. The summed E-state index contributed by atoms with van der Waals surface area (Å²) in [7, 11) is 1.35. The Labute approximate surface area is 158 Å². The Balaban J connectivity index is 1.95. The van der Waals surface area contributed by atoms with Crippen LogP contribution in [0, 0.1) is 10.1 Å². The van der Waals surface area contributed by atoms with Crippen molar-refractivity contribution in [1.82, 2.24) is 9.97 Å². The zero-order valence-electron chi connectivity index (χ0n) is 14.9. The van der Waals surface area contributed by atoms with Crippen LogP contribution >= 0.6 is 0 Å². The maximum Gasteiger partial charge on any atom is 0.433 e. The molecule has 0 unspecified atom stereocenters. The van der Waals surface area contributed by atoms with Crippen LogP contribution in [0.2, 0.25) is 0 Å². The first-order chi connectivity index (χ1) is 13.3. The van der Waals surface area contributed by atoms with Crippen LogP contribution in [-0.2, 0) is 6.18 Å². The molecule has 0 radical (unpaired) electrons. The molecule has 11 heteroatoms. The van der Waals surface area contributed by atoms with Gasteiger partial charge in [0.2, 0.25) is 5.95 Å². The largest absolute Gasteiger partial charge is 0.496 e. The Morgan fingerprint density at radius 2 is 1.93 bits per heavy atom. The molecule has 0 aliphatic heterocycles. The van der Waals surface area contributed by atoms with Crippen LogP contribution in [0.5, 0.6) is 5.75 Å². The number of aromatic nitrogens is 2. The minimum atomic E-state index is -4.68. The van der Waals surface area contributed by atoms with E-state index >= 15 is 0 Å². The van der Waals surface area contributed by atoms with Gasteiger partial charge in [0.05, 0.1) is 18.1 Å². The molecular formula is C17H18F3N5O3. The second-order valence-corrected chi connectivity index (χ2v) is 6.35. The van der Waals surface area contributed by atoms with Crippen LogP contribution < -0.4 is 15.4 Å². The number of nitrogens with zero attached hydrogens (tertiary/aromatic N) is 3. The number of ether oxygens (including phenoxy) is 1. The Morgan fingerprint density at radius 3 is 2.54 bits per heavy atom. The fourth-order valence-electron chi connectivity index (χ4n) is 3.01. The third-order valence-electron chi connectivity index (χ3n) is 4.37. The predicted octanol–water partition coefficient (Wildman–Crippen LogP) is 4.51. The lowest BCUT2D eigenvalue weighted by Gasteiger charge is -2.16. The van der Waals surface area contributed by atoms with Crippen LogP contribution in [-0.4, -0.2) is 28.0 Å². The molecule has 1 aromatic heterocycles. The van der Waals surface area contributed by atoms with E-state index in [-0.39, 0.29) is 34.9 Å². The lowest BCUT2D eigenvalue weighted by Crippen LogP contribution is -2.19. The van der Waals surface area contributed by atoms with Crippen molar-refractivity contribution in [3.05, 3.63) is 40.1 Å². The van der Waals surface area contributed by atoms with Crippen molar-refractivity contribution in [1.29, 1.82) is 0 Å². The molecule has 1 aliphatic rings. The summed E-state index contributed by atoms with van der Waals surface area (Å²) in [5, 5.41) is 16.8. The van der Waals surface area contributed by atoms with Gasteiger partial charge < -0.3 is 15.4 Å². The van der Waals surface area contributed by atoms with Crippen molar-refractivity contribution in [2.45, 2.75) is 37.9 Å². The van der Waals surface area contributed by atoms with Gasteiger partial charge in [-0.3, -0.25) is 10.1 Å². The molecule has 1 aromatic carbocycles. The highest BCUT2D eigenvalue weighted by molar-refractivity contribution is 5.70. The summed E-state index contributed by atoms with van der Waals surface area (Å²) in [4.78, 5) is 18.2. The van der Waals surface area contributed by atoms with Crippen LogP contribution in [0.3, 0.4) is 0 Å². The van der Waals surface area contributed by atoms with E-state index in [0.717, 1.165) is 25.7 Å². The Morgan fingerprint density at radius 1 is 1.21 bits per heavy atom. The van der Waals surface area contributed by atoms with E-state index in [9.17, 15) is 23.3 Å². The van der Waals surface area contributed by atoms with E-state index < -0.39 is 16.8 Å². The number of halogens is 3. The number of anilines is 3. The summed E-state index contributed by atoms with van der Waals surface area (Å²) < 4.78 is 44.7. The molecule has 1 heterocycles. The third kappa shape index (κ3) is 4.59. The molecule has 8 nitrogen and oxygen atoms in total. The van der Waals surface area contributed by atoms with Crippen LogP contribution in [0.1, 0.15) is 31.4 Å². The maximum atomic E-state index is 13.2. The van der Waals surface area contributed by atoms with Crippen LogP contribution in [0.15, 0.2) is 24.3 Å². The minimum Gasteiger partial charge on any atom is -0.496 e.